The van der Waals surface area contributed by atoms with E-state index in [0.717, 1.165) is 4.90 Å². The van der Waals surface area contributed by atoms with Crippen LogP contribution in [0.1, 0.15) is 25.0 Å². The van der Waals surface area contributed by atoms with Crippen molar-refractivity contribution in [3.8, 4) is 0 Å². The van der Waals surface area contributed by atoms with Crippen LogP contribution in [-0.4, -0.2) is 59.0 Å². The van der Waals surface area contributed by atoms with Gasteiger partial charge in [-0.2, -0.15) is 31.8 Å². The highest BCUT2D eigenvalue weighted by molar-refractivity contribution is 7.87. The Morgan fingerprint density at radius 2 is 1.26 bits per heavy atom. The van der Waals surface area contributed by atoms with Crippen LogP contribution in [0.2, 0.25) is 0 Å². The van der Waals surface area contributed by atoms with Gasteiger partial charge in [0.05, 0.1) is 0 Å². The van der Waals surface area contributed by atoms with Crippen LogP contribution in [0, 0.1) is 0 Å². The van der Waals surface area contributed by atoms with Crippen molar-refractivity contribution in [2.75, 3.05) is 15.7 Å². The number of nitrogens with one attached hydrogen (secondary N) is 2. The quantitative estimate of drug-likeness (QED) is 0.0661. The largest absolute Gasteiger partial charge is 0.374 e. The molecule has 43 heavy (non-hydrogen) atoms. The van der Waals surface area contributed by atoms with Crippen LogP contribution in [0.3, 0.4) is 0 Å². The Bertz CT molecular complexity index is 1810. The first-order valence-corrected chi connectivity index (χ1v) is 15.5. The molecule has 4 rings (SSSR count). The van der Waals surface area contributed by atoms with E-state index < -0.39 is 32.7 Å². The van der Waals surface area contributed by atoms with Crippen molar-refractivity contribution in [2.45, 2.75) is 36.1 Å². The first kappa shape index (κ1) is 31.5. The number of anilines is 4. The zero-order valence-electron chi connectivity index (χ0n) is 22.8. The molecule has 16 heteroatoms. The lowest BCUT2D eigenvalue weighted by atomic mass is 10.1. The minimum absolute atomic E-state index is 0.0492. The third-order valence-corrected chi connectivity index (χ3v) is 7.90. The molecule has 0 saturated heterocycles. The van der Waals surface area contributed by atoms with Crippen molar-refractivity contribution < 1.29 is 35.9 Å². The molecule has 14 nitrogen and oxygen atoms in total. The van der Waals surface area contributed by atoms with Gasteiger partial charge in [-0.25, -0.2) is 5.48 Å². The molecule has 0 fully saturated rings. The van der Waals surface area contributed by atoms with Gasteiger partial charge in [0.25, 0.3) is 16.1 Å². The first-order chi connectivity index (χ1) is 20.3. The van der Waals surface area contributed by atoms with Gasteiger partial charge in [-0.05, 0) is 49.2 Å². The molecule has 4 aromatic rings. The Hall–Kier alpha value is -4.45. The van der Waals surface area contributed by atoms with Crippen LogP contribution < -0.4 is 15.7 Å². The topological polar surface area (TPSA) is 204 Å². The number of aliphatic hydroxyl groups is 2. The molecule has 0 spiro atoms. The smallest absolute Gasteiger partial charge is 0.318 e. The normalized spacial score (nSPS) is 13.4. The van der Waals surface area contributed by atoms with E-state index in [0.29, 0.717) is 5.69 Å². The highest BCUT2D eigenvalue weighted by atomic mass is 32.2. The Morgan fingerprint density at radius 1 is 0.744 bits per heavy atom. The third kappa shape index (κ3) is 8.10. The number of nitrogens with zero attached hydrogens (tertiary/aromatic N) is 4. The lowest BCUT2D eigenvalue weighted by Crippen LogP contribution is -2.41. The Morgan fingerprint density at radius 3 is 1.84 bits per heavy atom. The second-order valence-electron chi connectivity index (χ2n) is 8.97. The van der Waals surface area contributed by atoms with Crippen molar-refractivity contribution in [1.29, 1.82) is 0 Å². The Balaban J connectivity index is 1.65. The fourth-order valence-corrected chi connectivity index (χ4v) is 5.52. The van der Waals surface area contributed by atoms with Gasteiger partial charge in [-0.3, -0.25) is 9.45 Å². The molecule has 0 amide bonds. The number of aromatic nitrogens is 3. The van der Waals surface area contributed by atoms with Crippen LogP contribution in [0.4, 0.5) is 23.5 Å². The maximum Gasteiger partial charge on any atom is 0.318 e. The monoisotopic (exact) mass is 628 g/mol. The summed E-state index contributed by atoms with van der Waals surface area (Å²) in [6.45, 7) is 2.77. The van der Waals surface area contributed by atoms with Crippen molar-refractivity contribution in [1.82, 2.24) is 15.0 Å². The molecule has 0 saturated carbocycles. The standard InChI is InChI=1S/C27H28N6O8S2/c1-18(34)33(19(2)35)27-30-25(28-22-12-4-3-5-13-22)29-26(31-27)32-41-43(39,40)24-15-9-7-11-21(24)17-16-20-10-6-8-14-23(20)42(36,37)38/h3-19,34-35H,1-2H3,(H,36,37,38)(H2,28,29,30,31,32). The molecular weight excluding hydrogens is 600 g/mol. The fourth-order valence-electron chi connectivity index (χ4n) is 3.89. The van der Waals surface area contributed by atoms with Gasteiger partial charge in [0.1, 0.15) is 22.2 Å². The molecule has 1 heterocycles. The van der Waals surface area contributed by atoms with E-state index in [-0.39, 0.29) is 38.8 Å². The summed E-state index contributed by atoms with van der Waals surface area (Å²) in [5.74, 6) is -0.608. The zero-order valence-corrected chi connectivity index (χ0v) is 24.4. The molecule has 5 N–H and O–H groups in total. The van der Waals surface area contributed by atoms with Gasteiger partial charge in [-0.1, -0.05) is 66.7 Å². The minimum atomic E-state index is -4.53. The lowest BCUT2D eigenvalue weighted by Gasteiger charge is -2.28. The van der Waals surface area contributed by atoms with Gasteiger partial charge in [0.2, 0.25) is 11.9 Å². The summed E-state index contributed by atoms with van der Waals surface area (Å²) < 4.78 is 64.5. The highest BCUT2D eigenvalue weighted by Gasteiger charge is 2.24. The molecule has 0 aliphatic rings. The molecule has 1 aromatic heterocycles. The van der Waals surface area contributed by atoms with E-state index in [1.54, 1.807) is 42.5 Å². The number of benzene rings is 3. The predicted octanol–water partition coefficient (Wildman–Crippen LogP) is 3.25. The van der Waals surface area contributed by atoms with Crippen LogP contribution in [-0.2, 0) is 24.5 Å². The van der Waals surface area contributed by atoms with Crippen LogP contribution in [0.25, 0.3) is 12.2 Å². The van der Waals surface area contributed by atoms with Gasteiger partial charge in [-0.15, -0.1) is 4.28 Å². The summed E-state index contributed by atoms with van der Waals surface area (Å²) in [5, 5.41) is 23.3. The summed E-state index contributed by atoms with van der Waals surface area (Å²) in [6.07, 6.45) is 0.237. The minimum Gasteiger partial charge on any atom is -0.374 e. The number of hydrogen-bond donors (Lipinski definition) is 5. The van der Waals surface area contributed by atoms with Gasteiger partial charge >= 0.3 is 10.1 Å². The molecule has 0 aliphatic carbocycles. The van der Waals surface area contributed by atoms with E-state index in [9.17, 15) is 31.6 Å². The maximum absolute atomic E-state index is 13.2. The number of aliphatic hydroxyl groups excluding tert-OH is 2. The molecule has 3 aromatic carbocycles. The summed E-state index contributed by atoms with van der Waals surface area (Å²) >= 11 is 0. The first-order valence-electron chi connectivity index (χ1n) is 12.6. The molecule has 0 radical (unpaired) electrons. The van der Waals surface area contributed by atoms with Gasteiger partial charge in [0.15, 0.2) is 0 Å². The van der Waals surface area contributed by atoms with Crippen LogP contribution in [0.15, 0.2) is 88.7 Å². The Kier molecular flexibility index (Phi) is 9.70. The maximum atomic E-state index is 13.2. The van der Waals surface area contributed by atoms with Gasteiger partial charge < -0.3 is 15.5 Å². The molecule has 0 aliphatic heterocycles. The molecule has 2 unspecified atom stereocenters. The summed E-state index contributed by atoms with van der Waals surface area (Å²) in [5.41, 5.74) is 3.07. The second-order valence-corrected chi connectivity index (χ2v) is 11.9. The van der Waals surface area contributed by atoms with Crippen molar-refractivity contribution in [3.63, 3.8) is 0 Å². The number of para-hydroxylation sites is 1. The van der Waals surface area contributed by atoms with Crippen molar-refractivity contribution in [2.24, 2.45) is 0 Å². The lowest BCUT2D eigenvalue weighted by molar-refractivity contribution is 0.103. The third-order valence-electron chi connectivity index (χ3n) is 5.76. The fraction of sp³-hybridized carbons (Fsp3) is 0.148. The summed E-state index contributed by atoms with van der Waals surface area (Å²) in [7, 11) is -9.06. The van der Waals surface area contributed by atoms with E-state index in [4.69, 9.17) is 4.28 Å². The SMILES string of the molecule is CC(O)N(c1nc(NOS(=O)(=O)c2ccccc2C=Cc2ccccc2S(=O)(=O)O)nc(Nc2ccccc2)n1)C(C)O. The highest BCUT2D eigenvalue weighted by Crippen LogP contribution is 2.24. The molecule has 0 bridgehead atoms. The predicted molar refractivity (Wildman–Crippen MR) is 159 cm³/mol. The number of rotatable bonds is 12. The van der Waals surface area contributed by atoms with Gasteiger partial charge in [0, 0.05) is 5.69 Å². The van der Waals surface area contributed by atoms with Crippen molar-refractivity contribution in [3.05, 3.63) is 90.0 Å². The Labute approximate surface area is 248 Å². The summed E-state index contributed by atoms with van der Waals surface area (Å²) in [4.78, 5) is 12.9. The van der Waals surface area contributed by atoms with Crippen molar-refractivity contribution >= 4 is 55.9 Å². The zero-order chi connectivity index (χ0) is 31.2. The summed E-state index contributed by atoms with van der Waals surface area (Å²) in [6, 6.07) is 20.2. The molecular formula is C27H28N6O8S2. The molecule has 2 atom stereocenters. The van der Waals surface area contributed by atoms with E-state index in [2.05, 4.69) is 25.7 Å². The van der Waals surface area contributed by atoms with E-state index >= 15 is 0 Å². The van der Waals surface area contributed by atoms with E-state index in [1.807, 2.05) is 0 Å². The van der Waals surface area contributed by atoms with Crippen LogP contribution in [0.5, 0.6) is 0 Å². The average molecular weight is 629 g/mol. The van der Waals surface area contributed by atoms with E-state index in [1.165, 1.54) is 62.4 Å². The van der Waals surface area contributed by atoms with Crippen LogP contribution >= 0.6 is 0 Å². The molecule has 226 valence electrons. The number of hydrogen-bond acceptors (Lipinski definition) is 13. The second kappa shape index (κ2) is 13.2. The average Bonchev–Trinajstić information content (AvgIpc) is 2.95.